The van der Waals surface area contributed by atoms with Gasteiger partial charge in [-0.3, -0.25) is 4.98 Å². The maximum absolute atomic E-state index is 12.2. The van der Waals surface area contributed by atoms with Crippen molar-refractivity contribution in [1.29, 1.82) is 0 Å². The molecule has 2 aromatic heterocycles. The lowest BCUT2D eigenvalue weighted by molar-refractivity contribution is 0.566. The summed E-state index contributed by atoms with van der Waals surface area (Å²) in [6.45, 7) is 3.70. The van der Waals surface area contributed by atoms with E-state index >= 15 is 0 Å². The van der Waals surface area contributed by atoms with Crippen LogP contribution in [0.15, 0.2) is 34.0 Å². The van der Waals surface area contributed by atoms with Gasteiger partial charge >= 0.3 is 0 Å². The van der Waals surface area contributed by atoms with Crippen LogP contribution in [0.5, 0.6) is 0 Å². The number of aromatic nitrogens is 2. The van der Waals surface area contributed by atoms with Crippen LogP contribution in [0.4, 0.5) is 0 Å². The maximum Gasteiger partial charge on any atom is 0.242 e. The van der Waals surface area contributed by atoms with Crippen LogP contribution in [-0.2, 0) is 10.0 Å². The van der Waals surface area contributed by atoms with Gasteiger partial charge < -0.3 is 0 Å². The normalized spacial score (nSPS) is 13.4. The third kappa shape index (κ3) is 3.59. The van der Waals surface area contributed by atoms with Gasteiger partial charge in [-0.05, 0) is 35.8 Å². The highest BCUT2D eigenvalue weighted by atomic mass is 79.9. The molecule has 0 saturated heterocycles. The fourth-order valence-corrected chi connectivity index (χ4v) is 4.03. The Hall–Kier alpha value is -0.830. The van der Waals surface area contributed by atoms with E-state index in [9.17, 15) is 8.42 Å². The van der Waals surface area contributed by atoms with Crippen molar-refractivity contribution in [3.05, 3.63) is 39.0 Å². The minimum Gasteiger partial charge on any atom is -0.262 e. The molecule has 0 aliphatic heterocycles. The van der Waals surface area contributed by atoms with Gasteiger partial charge in [0.15, 0.2) is 0 Å². The third-order valence-electron chi connectivity index (χ3n) is 2.33. The molecule has 0 spiro atoms. The van der Waals surface area contributed by atoms with Gasteiger partial charge in [-0.15, -0.1) is 11.3 Å². The Morgan fingerprint density at radius 1 is 1.37 bits per heavy atom. The van der Waals surface area contributed by atoms with Crippen molar-refractivity contribution < 1.29 is 8.42 Å². The first kappa shape index (κ1) is 14.6. The fraction of sp³-hybridized carbons (Fsp3) is 0.273. The quantitative estimate of drug-likeness (QED) is 0.908. The number of nitrogens with one attached hydrogen (secondary N) is 1. The number of aryl methyl sites for hydroxylation is 1. The highest BCUT2D eigenvalue weighted by molar-refractivity contribution is 9.10. The molecule has 0 aromatic carbocycles. The second-order valence-corrected chi connectivity index (χ2v) is 7.89. The van der Waals surface area contributed by atoms with Crippen molar-refractivity contribution in [2.45, 2.75) is 24.8 Å². The SMILES string of the molecule is Cc1cnc(C(C)NS(=O)(=O)c2cncc(Br)c2)s1. The molecule has 1 unspecified atom stereocenters. The average molecular weight is 362 g/mol. The zero-order valence-electron chi connectivity index (χ0n) is 10.3. The van der Waals surface area contributed by atoms with Crippen LogP contribution in [0.3, 0.4) is 0 Å². The molecule has 1 atom stereocenters. The van der Waals surface area contributed by atoms with E-state index in [4.69, 9.17) is 0 Å². The summed E-state index contributed by atoms with van der Waals surface area (Å²) in [7, 11) is -3.60. The van der Waals surface area contributed by atoms with Gasteiger partial charge in [-0.2, -0.15) is 0 Å². The average Bonchev–Trinajstić information content (AvgIpc) is 2.75. The number of halogens is 1. The van der Waals surface area contributed by atoms with Gasteiger partial charge in [0.2, 0.25) is 10.0 Å². The second kappa shape index (κ2) is 5.66. The van der Waals surface area contributed by atoms with Gasteiger partial charge in [0, 0.05) is 27.9 Å². The van der Waals surface area contributed by atoms with E-state index in [0.29, 0.717) is 4.47 Å². The standard InChI is InChI=1S/C11H12BrN3O2S2/c1-7-4-14-11(18-7)8(2)15-19(16,17)10-3-9(12)5-13-6-10/h3-6,8,15H,1-2H3. The maximum atomic E-state index is 12.2. The molecule has 8 heteroatoms. The van der Waals surface area contributed by atoms with E-state index in [-0.39, 0.29) is 10.9 Å². The molecule has 0 aliphatic carbocycles. The van der Waals surface area contributed by atoms with Gasteiger partial charge in [0.05, 0.1) is 6.04 Å². The van der Waals surface area contributed by atoms with E-state index in [0.717, 1.165) is 9.88 Å². The van der Waals surface area contributed by atoms with Crippen molar-refractivity contribution in [1.82, 2.24) is 14.7 Å². The predicted molar refractivity (Wildman–Crippen MR) is 77.5 cm³/mol. The Morgan fingerprint density at radius 3 is 2.68 bits per heavy atom. The lowest BCUT2D eigenvalue weighted by Crippen LogP contribution is -2.26. The number of hydrogen-bond acceptors (Lipinski definition) is 5. The first-order chi connectivity index (χ1) is 8.88. The first-order valence-corrected chi connectivity index (χ1v) is 8.53. The van der Waals surface area contributed by atoms with Crippen LogP contribution in [0.2, 0.25) is 0 Å². The fourth-order valence-electron chi connectivity index (χ4n) is 1.46. The molecular formula is C11H12BrN3O2S2. The summed E-state index contributed by atoms with van der Waals surface area (Å²) in [5.41, 5.74) is 0. The highest BCUT2D eigenvalue weighted by Gasteiger charge is 2.20. The summed E-state index contributed by atoms with van der Waals surface area (Å²) in [5, 5.41) is 0.740. The molecule has 0 bridgehead atoms. The minimum absolute atomic E-state index is 0.127. The molecule has 1 N–H and O–H groups in total. The van der Waals surface area contributed by atoms with Crippen LogP contribution in [0.25, 0.3) is 0 Å². The highest BCUT2D eigenvalue weighted by Crippen LogP contribution is 2.22. The largest absolute Gasteiger partial charge is 0.262 e. The molecule has 0 amide bonds. The Kier molecular flexibility index (Phi) is 4.34. The van der Waals surface area contributed by atoms with Gasteiger partial charge in [0.1, 0.15) is 9.90 Å². The number of hydrogen-bond donors (Lipinski definition) is 1. The van der Waals surface area contributed by atoms with E-state index in [1.807, 2.05) is 6.92 Å². The Balaban J connectivity index is 2.22. The van der Waals surface area contributed by atoms with E-state index in [1.54, 1.807) is 13.1 Å². The van der Waals surface area contributed by atoms with E-state index < -0.39 is 10.0 Å². The molecular weight excluding hydrogens is 350 g/mol. The molecule has 2 aromatic rings. The Labute approximate surface area is 124 Å². The van der Waals surface area contributed by atoms with E-state index in [2.05, 4.69) is 30.6 Å². The predicted octanol–water partition coefficient (Wildman–Crippen LogP) is 2.65. The molecule has 0 saturated carbocycles. The topological polar surface area (TPSA) is 72.0 Å². The van der Waals surface area contributed by atoms with Gasteiger partial charge in [-0.25, -0.2) is 18.1 Å². The molecule has 19 heavy (non-hydrogen) atoms. The summed E-state index contributed by atoms with van der Waals surface area (Å²) in [4.78, 5) is 9.21. The monoisotopic (exact) mass is 361 g/mol. The smallest absolute Gasteiger partial charge is 0.242 e. The lowest BCUT2D eigenvalue weighted by Gasteiger charge is -2.11. The van der Waals surface area contributed by atoms with Crippen molar-refractivity contribution >= 4 is 37.3 Å². The molecule has 0 radical (unpaired) electrons. The summed E-state index contributed by atoms with van der Waals surface area (Å²) >= 11 is 4.68. The zero-order chi connectivity index (χ0) is 14.0. The summed E-state index contributed by atoms with van der Waals surface area (Å²) in [6.07, 6.45) is 4.57. The zero-order valence-corrected chi connectivity index (χ0v) is 13.5. The Bertz CT molecular complexity index is 685. The number of sulfonamides is 1. The third-order valence-corrected chi connectivity index (χ3v) is 5.37. The van der Waals surface area contributed by atoms with Crippen LogP contribution < -0.4 is 4.72 Å². The summed E-state index contributed by atoms with van der Waals surface area (Å²) in [5.74, 6) is 0. The molecule has 0 fully saturated rings. The molecule has 102 valence electrons. The van der Waals surface area contributed by atoms with Crippen molar-refractivity contribution in [3.8, 4) is 0 Å². The number of rotatable bonds is 4. The van der Waals surface area contributed by atoms with Crippen molar-refractivity contribution in [3.63, 3.8) is 0 Å². The molecule has 2 rings (SSSR count). The van der Waals surface area contributed by atoms with E-state index in [1.165, 1.54) is 29.8 Å². The van der Waals surface area contributed by atoms with Crippen LogP contribution in [-0.4, -0.2) is 18.4 Å². The number of thiazole rings is 1. The van der Waals surface area contributed by atoms with Gasteiger partial charge in [0.25, 0.3) is 0 Å². The van der Waals surface area contributed by atoms with Gasteiger partial charge in [-0.1, -0.05) is 0 Å². The molecule has 0 aliphatic rings. The lowest BCUT2D eigenvalue weighted by atomic mass is 10.4. The van der Waals surface area contributed by atoms with Crippen molar-refractivity contribution in [2.24, 2.45) is 0 Å². The summed E-state index contributed by atoms with van der Waals surface area (Å²) in [6, 6.07) is 1.14. The number of nitrogens with zero attached hydrogens (tertiary/aromatic N) is 2. The molecule has 2 heterocycles. The van der Waals surface area contributed by atoms with Crippen molar-refractivity contribution in [2.75, 3.05) is 0 Å². The summed E-state index contributed by atoms with van der Waals surface area (Å²) < 4.78 is 27.6. The number of pyridine rings is 1. The van der Waals surface area contributed by atoms with Crippen LogP contribution >= 0.6 is 27.3 Å². The molecule has 5 nitrogen and oxygen atoms in total. The second-order valence-electron chi connectivity index (χ2n) is 3.99. The first-order valence-electron chi connectivity index (χ1n) is 5.44. The van der Waals surface area contributed by atoms with Crippen LogP contribution in [0, 0.1) is 6.92 Å². The van der Waals surface area contributed by atoms with Crippen LogP contribution in [0.1, 0.15) is 22.9 Å². The Morgan fingerprint density at radius 2 is 2.11 bits per heavy atom. The minimum atomic E-state index is -3.60.